The van der Waals surface area contributed by atoms with Crippen LogP contribution in [-0.4, -0.2) is 32.8 Å². The Morgan fingerprint density at radius 2 is 2.12 bits per heavy atom. The maximum atomic E-state index is 5.43. The Hall–Kier alpha value is -1.22. The molecule has 0 spiro atoms. The minimum atomic E-state index is 0.564. The fourth-order valence-corrected chi connectivity index (χ4v) is 2.33. The molecule has 0 saturated carbocycles. The minimum absolute atomic E-state index is 0.564. The van der Waals surface area contributed by atoms with Gasteiger partial charge >= 0.3 is 0 Å². The third kappa shape index (κ3) is 2.72. The number of piperazine rings is 1. The fraction of sp³-hybridized carbons (Fsp3) is 0.571. The molecule has 1 aliphatic heterocycles. The third-order valence-corrected chi connectivity index (χ3v) is 3.44. The van der Waals surface area contributed by atoms with Crippen molar-refractivity contribution in [2.75, 3.05) is 31.6 Å². The quantitative estimate of drug-likeness (QED) is 0.867. The van der Waals surface area contributed by atoms with E-state index >= 15 is 0 Å². The van der Waals surface area contributed by atoms with Crippen molar-refractivity contribution in [2.45, 2.75) is 19.9 Å². The molecule has 1 aromatic rings. The molecule has 1 aromatic carbocycles. The monoisotopic (exact) mass is 234 g/mol. The highest BCUT2D eigenvalue weighted by Crippen LogP contribution is 2.28. The molecule has 0 amide bonds. The molecule has 0 aliphatic carbocycles. The van der Waals surface area contributed by atoms with Crippen LogP contribution in [0.4, 0.5) is 5.69 Å². The van der Waals surface area contributed by atoms with Gasteiger partial charge in [0.2, 0.25) is 0 Å². The zero-order valence-corrected chi connectivity index (χ0v) is 10.9. The first kappa shape index (κ1) is 12.2. The Balaban J connectivity index is 2.16. The van der Waals surface area contributed by atoms with Crippen LogP contribution in [0.3, 0.4) is 0 Å². The molecule has 1 atom stereocenters. The van der Waals surface area contributed by atoms with Gasteiger partial charge in [-0.3, -0.25) is 0 Å². The van der Waals surface area contributed by atoms with Crippen molar-refractivity contribution in [2.24, 2.45) is 5.92 Å². The summed E-state index contributed by atoms with van der Waals surface area (Å²) in [6, 6.07) is 8.83. The number of ether oxygens (including phenoxy) is 1. The van der Waals surface area contributed by atoms with E-state index < -0.39 is 0 Å². The topological polar surface area (TPSA) is 24.5 Å². The van der Waals surface area contributed by atoms with Gasteiger partial charge in [0.25, 0.3) is 0 Å². The van der Waals surface area contributed by atoms with E-state index in [1.807, 2.05) is 12.1 Å². The molecule has 1 N–H and O–H groups in total. The Morgan fingerprint density at radius 1 is 1.35 bits per heavy atom. The van der Waals surface area contributed by atoms with Crippen LogP contribution in [0.5, 0.6) is 5.75 Å². The lowest BCUT2D eigenvalue weighted by Crippen LogP contribution is -2.53. The molecule has 1 saturated heterocycles. The second-order valence-electron chi connectivity index (χ2n) is 4.92. The van der Waals surface area contributed by atoms with Crippen molar-refractivity contribution < 1.29 is 4.74 Å². The minimum Gasteiger partial charge on any atom is -0.495 e. The SMILES string of the molecule is COc1ccccc1N1CCNC(C(C)C)C1. The highest BCUT2D eigenvalue weighted by atomic mass is 16.5. The number of hydrogen-bond acceptors (Lipinski definition) is 3. The molecule has 0 aromatic heterocycles. The molecule has 0 radical (unpaired) electrons. The van der Waals surface area contributed by atoms with E-state index in [0.29, 0.717) is 12.0 Å². The van der Waals surface area contributed by atoms with Crippen LogP contribution in [-0.2, 0) is 0 Å². The number of rotatable bonds is 3. The van der Waals surface area contributed by atoms with E-state index in [9.17, 15) is 0 Å². The maximum absolute atomic E-state index is 5.43. The van der Waals surface area contributed by atoms with E-state index in [1.165, 1.54) is 5.69 Å². The summed E-state index contributed by atoms with van der Waals surface area (Å²) in [6.45, 7) is 7.68. The molecule has 3 heteroatoms. The number of hydrogen-bond donors (Lipinski definition) is 1. The number of para-hydroxylation sites is 2. The summed E-state index contributed by atoms with van der Waals surface area (Å²) in [6.07, 6.45) is 0. The van der Waals surface area contributed by atoms with Gasteiger partial charge in [0.05, 0.1) is 12.8 Å². The van der Waals surface area contributed by atoms with Crippen LogP contribution in [0.15, 0.2) is 24.3 Å². The van der Waals surface area contributed by atoms with Crippen molar-refractivity contribution in [3.63, 3.8) is 0 Å². The predicted octanol–water partition coefficient (Wildman–Crippen LogP) is 2.13. The van der Waals surface area contributed by atoms with E-state index in [0.717, 1.165) is 25.4 Å². The van der Waals surface area contributed by atoms with Crippen molar-refractivity contribution in [1.29, 1.82) is 0 Å². The number of benzene rings is 1. The van der Waals surface area contributed by atoms with Gasteiger partial charge in [-0.2, -0.15) is 0 Å². The molecule has 1 fully saturated rings. The molecule has 0 bridgehead atoms. The Labute approximate surface area is 104 Å². The standard InChI is InChI=1S/C14H22N2O/c1-11(2)12-10-16(9-8-15-12)13-6-4-5-7-14(13)17-3/h4-7,11-12,15H,8-10H2,1-3H3. The van der Waals surface area contributed by atoms with Crippen molar-refractivity contribution in [3.05, 3.63) is 24.3 Å². The number of nitrogens with one attached hydrogen (secondary N) is 1. The van der Waals surface area contributed by atoms with Gasteiger partial charge in [0, 0.05) is 25.7 Å². The Kier molecular flexibility index (Phi) is 3.89. The summed E-state index contributed by atoms with van der Waals surface area (Å²) in [5, 5.41) is 3.57. The van der Waals surface area contributed by atoms with E-state index in [-0.39, 0.29) is 0 Å². The molecule has 2 rings (SSSR count). The lowest BCUT2D eigenvalue weighted by Gasteiger charge is -2.37. The van der Waals surface area contributed by atoms with Crippen molar-refractivity contribution in [3.8, 4) is 5.75 Å². The first-order valence-corrected chi connectivity index (χ1v) is 6.33. The molecule has 1 aliphatic rings. The largest absolute Gasteiger partial charge is 0.495 e. The number of nitrogens with zero attached hydrogens (tertiary/aromatic N) is 1. The summed E-state index contributed by atoms with van der Waals surface area (Å²) in [5.74, 6) is 1.63. The van der Waals surface area contributed by atoms with Crippen LogP contribution in [0.25, 0.3) is 0 Å². The van der Waals surface area contributed by atoms with Gasteiger partial charge in [0.15, 0.2) is 0 Å². The van der Waals surface area contributed by atoms with E-state index in [4.69, 9.17) is 4.74 Å². The van der Waals surface area contributed by atoms with Gasteiger partial charge in [0.1, 0.15) is 5.75 Å². The average molecular weight is 234 g/mol. The zero-order chi connectivity index (χ0) is 12.3. The summed E-state index contributed by atoms with van der Waals surface area (Å²) in [7, 11) is 1.74. The van der Waals surface area contributed by atoms with Crippen LogP contribution in [0, 0.1) is 5.92 Å². The zero-order valence-electron chi connectivity index (χ0n) is 10.9. The number of anilines is 1. The second kappa shape index (κ2) is 5.41. The fourth-order valence-electron chi connectivity index (χ4n) is 2.33. The summed E-state index contributed by atoms with van der Waals surface area (Å²) in [4.78, 5) is 2.42. The Bertz CT molecular complexity index is 365. The van der Waals surface area contributed by atoms with E-state index in [2.05, 4.69) is 36.2 Å². The molecular formula is C14H22N2O. The highest BCUT2D eigenvalue weighted by Gasteiger charge is 2.23. The highest BCUT2D eigenvalue weighted by molar-refractivity contribution is 5.58. The molecule has 3 nitrogen and oxygen atoms in total. The normalized spacial score (nSPS) is 20.7. The molecular weight excluding hydrogens is 212 g/mol. The summed E-state index contributed by atoms with van der Waals surface area (Å²) >= 11 is 0. The lowest BCUT2D eigenvalue weighted by atomic mass is 10.0. The van der Waals surface area contributed by atoms with E-state index in [1.54, 1.807) is 7.11 Å². The Morgan fingerprint density at radius 3 is 2.82 bits per heavy atom. The summed E-state index contributed by atoms with van der Waals surface area (Å²) in [5.41, 5.74) is 1.21. The third-order valence-electron chi connectivity index (χ3n) is 3.44. The van der Waals surface area contributed by atoms with Crippen LogP contribution in [0.1, 0.15) is 13.8 Å². The second-order valence-corrected chi connectivity index (χ2v) is 4.92. The van der Waals surface area contributed by atoms with Gasteiger partial charge in [-0.05, 0) is 18.1 Å². The molecule has 17 heavy (non-hydrogen) atoms. The molecule has 94 valence electrons. The average Bonchev–Trinajstić information content (AvgIpc) is 2.39. The maximum Gasteiger partial charge on any atom is 0.142 e. The summed E-state index contributed by atoms with van der Waals surface area (Å²) < 4.78 is 5.43. The van der Waals surface area contributed by atoms with Crippen LogP contribution < -0.4 is 15.0 Å². The van der Waals surface area contributed by atoms with Gasteiger partial charge in [-0.25, -0.2) is 0 Å². The molecule has 1 heterocycles. The van der Waals surface area contributed by atoms with Crippen molar-refractivity contribution >= 4 is 5.69 Å². The van der Waals surface area contributed by atoms with Gasteiger partial charge < -0.3 is 15.0 Å². The first-order valence-electron chi connectivity index (χ1n) is 6.33. The predicted molar refractivity (Wildman–Crippen MR) is 71.8 cm³/mol. The van der Waals surface area contributed by atoms with Crippen LogP contribution in [0.2, 0.25) is 0 Å². The van der Waals surface area contributed by atoms with Gasteiger partial charge in [-0.1, -0.05) is 26.0 Å². The van der Waals surface area contributed by atoms with Gasteiger partial charge in [-0.15, -0.1) is 0 Å². The lowest BCUT2D eigenvalue weighted by molar-refractivity contribution is 0.363. The van der Waals surface area contributed by atoms with Crippen molar-refractivity contribution in [1.82, 2.24) is 5.32 Å². The first-order chi connectivity index (χ1) is 8.22. The van der Waals surface area contributed by atoms with Crippen LogP contribution >= 0.6 is 0 Å². The molecule has 1 unspecified atom stereocenters. The number of methoxy groups -OCH3 is 1. The smallest absolute Gasteiger partial charge is 0.142 e.